The standard InChI is InChI=1S/C11H19NO2/c1-8(2)12-10-7-5-4-6-9(10)11(13)14-3/h8,12H,4-7H2,1-3H3. The van der Waals surface area contributed by atoms with Crippen LogP contribution in [0.1, 0.15) is 39.5 Å². The molecule has 0 atom stereocenters. The monoisotopic (exact) mass is 197 g/mol. The van der Waals surface area contributed by atoms with Gasteiger partial charge in [0.05, 0.1) is 12.7 Å². The molecule has 0 heterocycles. The Bertz CT molecular complexity index is 244. The predicted molar refractivity (Wildman–Crippen MR) is 55.8 cm³/mol. The molecule has 0 aliphatic heterocycles. The first-order valence-electron chi connectivity index (χ1n) is 5.22. The smallest absolute Gasteiger partial charge is 0.335 e. The highest BCUT2D eigenvalue weighted by atomic mass is 16.5. The number of hydrogen-bond acceptors (Lipinski definition) is 3. The summed E-state index contributed by atoms with van der Waals surface area (Å²) in [6.07, 6.45) is 4.08. The Morgan fingerprint density at radius 3 is 2.57 bits per heavy atom. The average molecular weight is 197 g/mol. The maximum Gasteiger partial charge on any atom is 0.335 e. The van der Waals surface area contributed by atoms with Crippen LogP contribution >= 0.6 is 0 Å². The molecule has 0 unspecified atom stereocenters. The molecular weight excluding hydrogens is 178 g/mol. The highest BCUT2D eigenvalue weighted by Crippen LogP contribution is 2.24. The lowest BCUT2D eigenvalue weighted by Gasteiger charge is -2.22. The van der Waals surface area contributed by atoms with Crippen LogP contribution < -0.4 is 5.32 Å². The molecule has 14 heavy (non-hydrogen) atoms. The van der Waals surface area contributed by atoms with Crippen molar-refractivity contribution in [2.75, 3.05) is 7.11 Å². The van der Waals surface area contributed by atoms with Crippen LogP contribution in [-0.4, -0.2) is 19.1 Å². The molecule has 3 heteroatoms. The van der Waals surface area contributed by atoms with Crippen LogP contribution in [0.5, 0.6) is 0 Å². The number of esters is 1. The lowest BCUT2D eigenvalue weighted by atomic mass is 9.96. The van der Waals surface area contributed by atoms with Crippen LogP contribution in [0, 0.1) is 0 Å². The lowest BCUT2D eigenvalue weighted by Crippen LogP contribution is -2.27. The summed E-state index contributed by atoms with van der Waals surface area (Å²) in [6.45, 7) is 4.16. The Balaban J connectivity index is 2.79. The van der Waals surface area contributed by atoms with Crippen molar-refractivity contribution in [3.05, 3.63) is 11.3 Å². The van der Waals surface area contributed by atoms with Crippen molar-refractivity contribution < 1.29 is 9.53 Å². The van der Waals surface area contributed by atoms with Crippen molar-refractivity contribution >= 4 is 5.97 Å². The number of hydrogen-bond donors (Lipinski definition) is 1. The van der Waals surface area contributed by atoms with Gasteiger partial charge in [0.15, 0.2) is 0 Å². The van der Waals surface area contributed by atoms with Crippen molar-refractivity contribution in [1.29, 1.82) is 0 Å². The molecule has 80 valence electrons. The van der Waals surface area contributed by atoms with Crippen molar-refractivity contribution in [3.8, 4) is 0 Å². The van der Waals surface area contributed by atoms with E-state index in [9.17, 15) is 4.79 Å². The molecule has 0 amide bonds. The van der Waals surface area contributed by atoms with Gasteiger partial charge in [-0.05, 0) is 39.5 Å². The van der Waals surface area contributed by atoms with E-state index < -0.39 is 0 Å². The molecule has 0 aromatic carbocycles. The summed E-state index contributed by atoms with van der Waals surface area (Å²) in [5.41, 5.74) is 1.92. The zero-order chi connectivity index (χ0) is 10.6. The predicted octanol–water partition coefficient (Wildman–Crippen LogP) is 1.99. The molecule has 0 aromatic rings. The largest absolute Gasteiger partial charge is 0.466 e. The summed E-state index contributed by atoms with van der Waals surface area (Å²) in [5, 5.41) is 3.33. The average Bonchev–Trinajstić information content (AvgIpc) is 2.16. The normalized spacial score (nSPS) is 17.1. The number of carbonyl (C=O) groups excluding carboxylic acids is 1. The highest BCUT2D eigenvalue weighted by molar-refractivity contribution is 5.89. The summed E-state index contributed by atoms with van der Waals surface area (Å²) in [4.78, 5) is 11.4. The summed E-state index contributed by atoms with van der Waals surface area (Å²) in [6, 6.07) is 0.378. The second-order valence-corrected chi connectivity index (χ2v) is 3.95. The molecule has 0 fully saturated rings. The first kappa shape index (κ1) is 11.1. The summed E-state index contributed by atoms with van der Waals surface area (Å²) < 4.78 is 4.76. The maximum atomic E-state index is 11.4. The zero-order valence-corrected chi connectivity index (χ0v) is 9.22. The summed E-state index contributed by atoms with van der Waals surface area (Å²) in [5.74, 6) is -0.173. The van der Waals surface area contributed by atoms with Crippen LogP contribution in [-0.2, 0) is 9.53 Å². The van der Waals surface area contributed by atoms with Gasteiger partial charge < -0.3 is 10.1 Å². The maximum absolute atomic E-state index is 11.4. The minimum absolute atomic E-state index is 0.173. The molecule has 0 saturated carbocycles. The van der Waals surface area contributed by atoms with Gasteiger partial charge in [0, 0.05) is 11.7 Å². The van der Waals surface area contributed by atoms with E-state index in [1.165, 1.54) is 7.11 Å². The topological polar surface area (TPSA) is 38.3 Å². The number of methoxy groups -OCH3 is 1. The number of allylic oxidation sites excluding steroid dienone is 1. The minimum Gasteiger partial charge on any atom is -0.466 e. The van der Waals surface area contributed by atoms with Gasteiger partial charge >= 0.3 is 5.97 Å². The van der Waals surface area contributed by atoms with Gasteiger partial charge in [-0.1, -0.05) is 0 Å². The van der Waals surface area contributed by atoms with E-state index in [-0.39, 0.29) is 5.97 Å². The number of nitrogens with one attached hydrogen (secondary N) is 1. The summed E-state index contributed by atoms with van der Waals surface area (Å²) in [7, 11) is 1.44. The van der Waals surface area contributed by atoms with Gasteiger partial charge in [-0.15, -0.1) is 0 Å². The fourth-order valence-electron chi connectivity index (χ4n) is 1.76. The van der Waals surface area contributed by atoms with E-state index in [2.05, 4.69) is 19.2 Å². The van der Waals surface area contributed by atoms with Gasteiger partial charge in [0.2, 0.25) is 0 Å². The third-order valence-corrected chi connectivity index (χ3v) is 2.36. The van der Waals surface area contributed by atoms with Crippen LogP contribution in [0.2, 0.25) is 0 Å². The van der Waals surface area contributed by atoms with E-state index in [1.807, 2.05) is 0 Å². The van der Waals surface area contributed by atoms with Crippen molar-refractivity contribution in [3.63, 3.8) is 0 Å². The van der Waals surface area contributed by atoms with E-state index in [1.54, 1.807) is 0 Å². The molecule has 1 N–H and O–H groups in total. The molecule has 1 rings (SSSR count). The van der Waals surface area contributed by atoms with E-state index in [0.717, 1.165) is 37.0 Å². The Hall–Kier alpha value is -0.990. The van der Waals surface area contributed by atoms with Gasteiger partial charge in [-0.3, -0.25) is 0 Å². The molecule has 0 bridgehead atoms. The Kier molecular flexibility index (Phi) is 3.98. The highest BCUT2D eigenvalue weighted by Gasteiger charge is 2.19. The van der Waals surface area contributed by atoms with Gasteiger partial charge in [0.1, 0.15) is 0 Å². The molecule has 0 radical (unpaired) electrons. The second-order valence-electron chi connectivity index (χ2n) is 3.95. The Morgan fingerprint density at radius 2 is 2.00 bits per heavy atom. The first-order valence-corrected chi connectivity index (χ1v) is 5.22. The molecule has 1 aliphatic carbocycles. The zero-order valence-electron chi connectivity index (χ0n) is 9.22. The van der Waals surface area contributed by atoms with Gasteiger partial charge in [-0.25, -0.2) is 4.79 Å². The van der Waals surface area contributed by atoms with Crippen molar-refractivity contribution in [2.24, 2.45) is 0 Å². The van der Waals surface area contributed by atoms with Crippen molar-refractivity contribution in [2.45, 2.75) is 45.6 Å². The van der Waals surface area contributed by atoms with Gasteiger partial charge in [-0.2, -0.15) is 0 Å². The number of ether oxygens (including phenoxy) is 1. The quantitative estimate of drug-likeness (QED) is 0.703. The minimum atomic E-state index is -0.173. The second kappa shape index (κ2) is 5.03. The SMILES string of the molecule is COC(=O)C1=C(NC(C)C)CCCC1. The molecule has 3 nitrogen and oxygen atoms in total. The lowest BCUT2D eigenvalue weighted by molar-refractivity contribution is -0.136. The molecule has 0 aromatic heterocycles. The fourth-order valence-corrected chi connectivity index (χ4v) is 1.76. The van der Waals surface area contributed by atoms with Crippen molar-refractivity contribution in [1.82, 2.24) is 5.32 Å². The van der Waals surface area contributed by atoms with Crippen LogP contribution in [0.3, 0.4) is 0 Å². The molecule has 1 aliphatic rings. The summed E-state index contributed by atoms with van der Waals surface area (Å²) >= 11 is 0. The van der Waals surface area contributed by atoms with Crippen LogP contribution in [0.25, 0.3) is 0 Å². The Labute approximate surface area is 85.5 Å². The van der Waals surface area contributed by atoms with Gasteiger partial charge in [0.25, 0.3) is 0 Å². The van der Waals surface area contributed by atoms with Crippen LogP contribution in [0.4, 0.5) is 0 Å². The third-order valence-electron chi connectivity index (χ3n) is 2.36. The van der Waals surface area contributed by atoms with Crippen LogP contribution in [0.15, 0.2) is 11.3 Å². The van der Waals surface area contributed by atoms with E-state index in [0.29, 0.717) is 6.04 Å². The first-order chi connectivity index (χ1) is 6.65. The number of rotatable bonds is 3. The van der Waals surface area contributed by atoms with E-state index in [4.69, 9.17) is 4.74 Å². The Morgan fingerprint density at radius 1 is 1.36 bits per heavy atom. The fraction of sp³-hybridized carbons (Fsp3) is 0.727. The number of carbonyl (C=O) groups is 1. The molecule has 0 spiro atoms. The molecular formula is C11H19NO2. The third kappa shape index (κ3) is 2.76. The van der Waals surface area contributed by atoms with E-state index >= 15 is 0 Å². The molecule has 0 saturated heterocycles.